The lowest BCUT2D eigenvalue weighted by Gasteiger charge is -2.34. The number of nitrogens with one attached hydrogen (secondary N) is 1. The SMILES string of the molecule is CCN(Cc1ccc(C(=O)N2CCNCC2)cc1)C(C)(C)C. The number of rotatable bonds is 4. The van der Waals surface area contributed by atoms with Gasteiger partial charge in [0.1, 0.15) is 0 Å². The summed E-state index contributed by atoms with van der Waals surface area (Å²) in [6.45, 7) is 14.2. The smallest absolute Gasteiger partial charge is 0.253 e. The Kier molecular flexibility index (Phi) is 5.59. The van der Waals surface area contributed by atoms with E-state index in [9.17, 15) is 4.79 Å². The van der Waals surface area contributed by atoms with Gasteiger partial charge in [0.2, 0.25) is 0 Å². The second kappa shape index (κ2) is 7.25. The number of benzene rings is 1. The third kappa shape index (κ3) is 4.31. The normalized spacial score (nSPS) is 16.1. The molecule has 0 aliphatic carbocycles. The lowest BCUT2D eigenvalue weighted by molar-refractivity contribution is 0.0735. The molecule has 122 valence electrons. The molecule has 0 saturated carbocycles. The van der Waals surface area contributed by atoms with E-state index in [1.54, 1.807) is 0 Å². The predicted molar refractivity (Wildman–Crippen MR) is 91.1 cm³/mol. The predicted octanol–water partition coefficient (Wildman–Crippen LogP) is 2.35. The van der Waals surface area contributed by atoms with Gasteiger partial charge in [0.05, 0.1) is 0 Å². The maximum Gasteiger partial charge on any atom is 0.253 e. The molecule has 1 saturated heterocycles. The molecule has 1 aliphatic heterocycles. The molecule has 1 N–H and O–H groups in total. The first-order valence-corrected chi connectivity index (χ1v) is 8.26. The summed E-state index contributed by atoms with van der Waals surface area (Å²) in [5.74, 6) is 0.149. The molecule has 1 aromatic carbocycles. The van der Waals surface area contributed by atoms with Gasteiger partial charge >= 0.3 is 0 Å². The quantitative estimate of drug-likeness (QED) is 0.927. The van der Waals surface area contributed by atoms with Crippen LogP contribution in [0.1, 0.15) is 43.6 Å². The topological polar surface area (TPSA) is 35.6 Å². The minimum absolute atomic E-state index is 0.149. The molecule has 22 heavy (non-hydrogen) atoms. The summed E-state index contributed by atoms with van der Waals surface area (Å²) in [6, 6.07) is 8.11. The van der Waals surface area contributed by atoms with Crippen LogP contribution in [0.15, 0.2) is 24.3 Å². The molecule has 4 heteroatoms. The number of hydrogen-bond acceptors (Lipinski definition) is 3. The molecule has 4 nitrogen and oxygen atoms in total. The van der Waals surface area contributed by atoms with Crippen LogP contribution in [0.25, 0.3) is 0 Å². The first kappa shape index (κ1) is 17.0. The zero-order chi connectivity index (χ0) is 16.2. The van der Waals surface area contributed by atoms with Gasteiger partial charge in [-0.05, 0) is 45.0 Å². The van der Waals surface area contributed by atoms with Crippen LogP contribution < -0.4 is 5.32 Å². The fourth-order valence-electron chi connectivity index (χ4n) is 2.85. The molecular formula is C18H29N3O. The second-order valence-electron chi connectivity index (χ2n) is 6.92. The maximum atomic E-state index is 12.4. The van der Waals surface area contributed by atoms with E-state index in [-0.39, 0.29) is 11.4 Å². The molecule has 0 spiro atoms. The van der Waals surface area contributed by atoms with Gasteiger partial charge in [0, 0.05) is 43.8 Å². The number of carbonyl (C=O) groups excluding carboxylic acids is 1. The van der Waals surface area contributed by atoms with Crippen LogP contribution in [0.3, 0.4) is 0 Å². The van der Waals surface area contributed by atoms with Crippen molar-refractivity contribution in [3.63, 3.8) is 0 Å². The summed E-state index contributed by atoms with van der Waals surface area (Å²) in [7, 11) is 0. The first-order chi connectivity index (χ1) is 10.4. The Balaban J connectivity index is 2.02. The molecule has 1 fully saturated rings. The third-order valence-electron chi connectivity index (χ3n) is 4.31. The van der Waals surface area contributed by atoms with E-state index in [1.807, 2.05) is 17.0 Å². The highest BCUT2D eigenvalue weighted by atomic mass is 16.2. The highest BCUT2D eigenvalue weighted by Gasteiger charge is 2.20. The number of nitrogens with zero attached hydrogens (tertiary/aromatic N) is 2. The molecule has 1 aromatic rings. The Morgan fingerprint density at radius 3 is 2.27 bits per heavy atom. The number of hydrogen-bond donors (Lipinski definition) is 1. The Labute approximate surface area is 134 Å². The van der Waals surface area contributed by atoms with Crippen molar-refractivity contribution in [1.82, 2.24) is 15.1 Å². The van der Waals surface area contributed by atoms with E-state index in [0.717, 1.165) is 44.8 Å². The van der Waals surface area contributed by atoms with E-state index < -0.39 is 0 Å². The fourth-order valence-corrected chi connectivity index (χ4v) is 2.85. The van der Waals surface area contributed by atoms with Crippen LogP contribution in [0.4, 0.5) is 0 Å². The molecule has 1 amide bonds. The van der Waals surface area contributed by atoms with Crippen molar-refractivity contribution >= 4 is 5.91 Å². The molecule has 0 radical (unpaired) electrons. The van der Waals surface area contributed by atoms with Crippen LogP contribution in [-0.4, -0.2) is 54.0 Å². The molecule has 1 heterocycles. The highest BCUT2D eigenvalue weighted by Crippen LogP contribution is 2.17. The van der Waals surface area contributed by atoms with Crippen LogP contribution in [0.2, 0.25) is 0 Å². The minimum Gasteiger partial charge on any atom is -0.336 e. The fraction of sp³-hybridized carbons (Fsp3) is 0.611. The van der Waals surface area contributed by atoms with Gasteiger partial charge < -0.3 is 10.2 Å². The maximum absolute atomic E-state index is 12.4. The average molecular weight is 303 g/mol. The van der Waals surface area contributed by atoms with Gasteiger partial charge in [-0.2, -0.15) is 0 Å². The van der Waals surface area contributed by atoms with Crippen molar-refractivity contribution in [2.45, 2.75) is 39.8 Å². The largest absolute Gasteiger partial charge is 0.336 e. The van der Waals surface area contributed by atoms with Crippen LogP contribution >= 0.6 is 0 Å². The summed E-state index contributed by atoms with van der Waals surface area (Å²) >= 11 is 0. The molecule has 0 atom stereocenters. The monoisotopic (exact) mass is 303 g/mol. The third-order valence-corrected chi connectivity index (χ3v) is 4.31. The van der Waals surface area contributed by atoms with Gasteiger partial charge in [-0.15, -0.1) is 0 Å². The summed E-state index contributed by atoms with van der Waals surface area (Å²) in [5.41, 5.74) is 2.21. The second-order valence-corrected chi connectivity index (χ2v) is 6.92. The molecule has 0 aromatic heterocycles. The van der Waals surface area contributed by atoms with Gasteiger partial charge in [0.25, 0.3) is 5.91 Å². The first-order valence-electron chi connectivity index (χ1n) is 8.26. The van der Waals surface area contributed by atoms with Gasteiger partial charge in [-0.3, -0.25) is 9.69 Å². The van der Waals surface area contributed by atoms with Crippen molar-refractivity contribution in [1.29, 1.82) is 0 Å². The van der Waals surface area contributed by atoms with E-state index in [4.69, 9.17) is 0 Å². The van der Waals surface area contributed by atoms with Crippen molar-refractivity contribution in [2.24, 2.45) is 0 Å². The van der Waals surface area contributed by atoms with E-state index >= 15 is 0 Å². The number of piperazine rings is 1. The Morgan fingerprint density at radius 2 is 1.77 bits per heavy atom. The molecular weight excluding hydrogens is 274 g/mol. The lowest BCUT2D eigenvalue weighted by atomic mass is 10.0. The van der Waals surface area contributed by atoms with Gasteiger partial charge in [-0.1, -0.05) is 19.1 Å². The Morgan fingerprint density at radius 1 is 1.18 bits per heavy atom. The van der Waals surface area contributed by atoms with Crippen molar-refractivity contribution in [3.05, 3.63) is 35.4 Å². The Bertz CT molecular complexity index is 484. The van der Waals surface area contributed by atoms with E-state index in [2.05, 4.69) is 50.0 Å². The Hall–Kier alpha value is -1.39. The van der Waals surface area contributed by atoms with Gasteiger partial charge in [0.15, 0.2) is 0 Å². The van der Waals surface area contributed by atoms with E-state index in [0.29, 0.717) is 0 Å². The zero-order valence-electron chi connectivity index (χ0n) is 14.4. The molecule has 0 unspecified atom stereocenters. The van der Waals surface area contributed by atoms with Crippen LogP contribution in [0, 0.1) is 0 Å². The van der Waals surface area contributed by atoms with Crippen LogP contribution in [0.5, 0.6) is 0 Å². The number of carbonyl (C=O) groups is 1. The van der Waals surface area contributed by atoms with Crippen molar-refractivity contribution in [2.75, 3.05) is 32.7 Å². The van der Waals surface area contributed by atoms with Crippen LogP contribution in [-0.2, 0) is 6.54 Å². The summed E-state index contributed by atoms with van der Waals surface area (Å²) in [6.07, 6.45) is 0. The highest BCUT2D eigenvalue weighted by molar-refractivity contribution is 5.94. The summed E-state index contributed by atoms with van der Waals surface area (Å²) < 4.78 is 0. The van der Waals surface area contributed by atoms with Crippen molar-refractivity contribution in [3.8, 4) is 0 Å². The molecule has 1 aliphatic rings. The van der Waals surface area contributed by atoms with Crippen molar-refractivity contribution < 1.29 is 4.79 Å². The van der Waals surface area contributed by atoms with Gasteiger partial charge in [-0.25, -0.2) is 0 Å². The average Bonchev–Trinajstić information content (AvgIpc) is 2.52. The summed E-state index contributed by atoms with van der Waals surface area (Å²) in [5, 5.41) is 3.27. The molecule has 0 bridgehead atoms. The standard InChI is InChI=1S/C18H29N3O/c1-5-21(18(2,3)4)14-15-6-8-16(9-7-15)17(22)20-12-10-19-11-13-20/h6-9,19H,5,10-14H2,1-4H3. The number of amides is 1. The lowest BCUT2D eigenvalue weighted by Crippen LogP contribution is -2.46. The minimum atomic E-state index is 0.149. The zero-order valence-corrected chi connectivity index (χ0v) is 14.4. The summed E-state index contributed by atoms with van der Waals surface area (Å²) in [4.78, 5) is 16.8. The van der Waals surface area contributed by atoms with E-state index in [1.165, 1.54) is 5.56 Å². The molecule has 2 rings (SSSR count).